The van der Waals surface area contributed by atoms with Crippen molar-refractivity contribution in [1.29, 1.82) is 0 Å². The summed E-state index contributed by atoms with van der Waals surface area (Å²) in [4.78, 5) is 15.6. The maximum absolute atomic E-state index is 10.7. The Morgan fingerprint density at radius 2 is 2.05 bits per heavy atom. The Bertz CT molecular complexity index is 587. The second kappa shape index (κ2) is 6.81. The predicted octanol–water partition coefficient (Wildman–Crippen LogP) is 2.53. The first kappa shape index (κ1) is 14.2. The molecule has 3 N–H and O–H groups in total. The molecule has 1 aromatic heterocycles. The van der Waals surface area contributed by atoms with Crippen LogP contribution in [-0.2, 0) is 0 Å². The fourth-order valence-corrected chi connectivity index (χ4v) is 2.29. The Hall–Kier alpha value is -2.21. The highest BCUT2D eigenvalue weighted by Crippen LogP contribution is 2.23. The SMILES string of the molecule is Nc1cnccc1SCCOc1ccc(C(=O)O)cc1. The Morgan fingerprint density at radius 1 is 1.30 bits per heavy atom. The van der Waals surface area contributed by atoms with Gasteiger partial charge in [0.15, 0.2) is 0 Å². The lowest BCUT2D eigenvalue weighted by atomic mass is 10.2. The molecule has 6 heteroatoms. The minimum Gasteiger partial charge on any atom is -0.493 e. The first-order valence-electron chi connectivity index (χ1n) is 5.95. The van der Waals surface area contributed by atoms with Gasteiger partial charge in [-0.2, -0.15) is 0 Å². The van der Waals surface area contributed by atoms with Gasteiger partial charge in [0.25, 0.3) is 0 Å². The van der Waals surface area contributed by atoms with Gasteiger partial charge in [0, 0.05) is 16.8 Å². The van der Waals surface area contributed by atoms with E-state index in [2.05, 4.69) is 4.98 Å². The number of ether oxygens (including phenoxy) is 1. The molecular weight excluding hydrogens is 276 g/mol. The molecule has 2 aromatic rings. The number of hydrogen-bond donors (Lipinski definition) is 2. The van der Waals surface area contributed by atoms with E-state index in [9.17, 15) is 4.79 Å². The van der Waals surface area contributed by atoms with Gasteiger partial charge < -0.3 is 15.6 Å². The summed E-state index contributed by atoms with van der Waals surface area (Å²) in [6.45, 7) is 0.513. The highest BCUT2D eigenvalue weighted by atomic mass is 32.2. The third kappa shape index (κ3) is 3.89. The molecule has 0 amide bonds. The number of aromatic carboxylic acids is 1. The lowest BCUT2D eigenvalue weighted by molar-refractivity contribution is 0.0697. The van der Waals surface area contributed by atoms with Crippen LogP contribution < -0.4 is 10.5 Å². The summed E-state index contributed by atoms with van der Waals surface area (Å²) in [5.41, 5.74) is 6.68. The van der Waals surface area contributed by atoms with E-state index in [0.29, 0.717) is 18.0 Å². The highest BCUT2D eigenvalue weighted by Gasteiger charge is 2.03. The molecule has 1 heterocycles. The first-order valence-corrected chi connectivity index (χ1v) is 6.94. The van der Waals surface area contributed by atoms with Gasteiger partial charge in [-0.1, -0.05) is 0 Å². The topological polar surface area (TPSA) is 85.4 Å². The maximum Gasteiger partial charge on any atom is 0.335 e. The molecule has 0 aliphatic heterocycles. The van der Waals surface area contributed by atoms with Crippen LogP contribution in [0.5, 0.6) is 5.75 Å². The molecule has 20 heavy (non-hydrogen) atoms. The molecule has 104 valence electrons. The third-order valence-corrected chi connectivity index (χ3v) is 3.57. The summed E-state index contributed by atoms with van der Waals surface area (Å²) in [6.07, 6.45) is 3.32. The standard InChI is InChI=1S/C14H14N2O3S/c15-12-9-16-6-5-13(12)20-8-7-19-11-3-1-10(2-4-11)14(17)18/h1-6,9H,7-8,15H2,(H,17,18). The van der Waals surface area contributed by atoms with Crippen molar-refractivity contribution in [1.82, 2.24) is 4.98 Å². The number of benzene rings is 1. The van der Waals surface area contributed by atoms with E-state index < -0.39 is 5.97 Å². The van der Waals surface area contributed by atoms with Gasteiger partial charge in [0.2, 0.25) is 0 Å². The van der Waals surface area contributed by atoms with Crippen LogP contribution in [-0.4, -0.2) is 28.4 Å². The zero-order chi connectivity index (χ0) is 14.4. The zero-order valence-corrected chi connectivity index (χ0v) is 11.5. The molecule has 0 saturated heterocycles. The van der Waals surface area contributed by atoms with E-state index in [1.54, 1.807) is 36.3 Å². The summed E-state index contributed by atoms with van der Waals surface area (Å²) in [5, 5.41) is 8.78. The van der Waals surface area contributed by atoms with Gasteiger partial charge in [-0.15, -0.1) is 11.8 Å². The van der Waals surface area contributed by atoms with Crippen LogP contribution in [0.2, 0.25) is 0 Å². The fourth-order valence-electron chi connectivity index (χ4n) is 1.53. The molecule has 0 aliphatic carbocycles. The predicted molar refractivity (Wildman–Crippen MR) is 78.3 cm³/mol. The van der Waals surface area contributed by atoms with Crippen LogP contribution >= 0.6 is 11.8 Å². The van der Waals surface area contributed by atoms with Gasteiger partial charge in [-0.05, 0) is 30.3 Å². The van der Waals surface area contributed by atoms with Gasteiger partial charge in [-0.25, -0.2) is 4.79 Å². The van der Waals surface area contributed by atoms with E-state index in [1.807, 2.05) is 6.07 Å². The molecular formula is C14H14N2O3S. The summed E-state index contributed by atoms with van der Waals surface area (Å²) < 4.78 is 5.53. The van der Waals surface area contributed by atoms with Crippen molar-refractivity contribution < 1.29 is 14.6 Å². The Labute approximate surface area is 120 Å². The number of pyridine rings is 1. The number of nitrogen functional groups attached to an aromatic ring is 1. The van der Waals surface area contributed by atoms with Crippen LogP contribution in [0.3, 0.4) is 0 Å². The van der Waals surface area contributed by atoms with Crippen molar-refractivity contribution in [3.05, 3.63) is 48.3 Å². The Kier molecular flexibility index (Phi) is 4.84. The number of carbonyl (C=O) groups is 1. The van der Waals surface area contributed by atoms with E-state index in [4.69, 9.17) is 15.6 Å². The molecule has 0 unspecified atom stereocenters. The molecule has 2 rings (SSSR count). The average Bonchev–Trinajstić information content (AvgIpc) is 2.46. The number of hydrogen-bond acceptors (Lipinski definition) is 5. The molecule has 0 aliphatic rings. The van der Waals surface area contributed by atoms with Gasteiger partial charge in [0.05, 0.1) is 24.1 Å². The molecule has 5 nitrogen and oxygen atoms in total. The van der Waals surface area contributed by atoms with Crippen molar-refractivity contribution in [2.45, 2.75) is 4.90 Å². The smallest absolute Gasteiger partial charge is 0.335 e. The van der Waals surface area contributed by atoms with Crippen molar-refractivity contribution >= 4 is 23.4 Å². The highest BCUT2D eigenvalue weighted by molar-refractivity contribution is 7.99. The maximum atomic E-state index is 10.7. The summed E-state index contributed by atoms with van der Waals surface area (Å²) in [6, 6.07) is 8.20. The van der Waals surface area contributed by atoms with Gasteiger partial charge >= 0.3 is 5.97 Å². The number of rotatable bonds is 6. The Balaban J connectivity index is 1.79. The molecule has 0 atom stereocenters. The van der Waals surface area contributed by atoms with E-state index >= 15 is 0 Å². The first-order chi connectivity index (χ1) is 9.66. The number of aromatic nitrogens is 1. The number of thioether (sulfide) groups is 1. The number of anilines is 1. The van der Waals surface area contributed by atoms with Crippen molar-refractivity contribution in [2.24, 2.45) is 0 Å². The number of carboxylic acid groups (broad SMARTS) is 1. The zero-order valence-electron chi connectivity index (χ0n) is 10.7. The summed E-state index contributed by atoms with van der Waals surface area (Å²) in [7, 11) is 0. The molecule has 0 bridgehead atoms. The van der Waals surface area contributed by atoms with Crippen LogP contribution in [0.15, 0.2) is 47.6 Å². The average molecular weight is 290 g/mol. The third-order valence-electron chi connectivity index (χ3n) is 2.52. The quantitative estimate of drug-likeness (QED) is 0.628. The minimum absolute atomic E-state index is 0.247. The van der Waals surface area contributed by atoms with Crippen LogP contribution in [0.25, 0.3) is 0 Å². The molecule has 0 saturated carbocycles. The van der Waals surface area contributed by atoms with Crippen molar-refractivity contribution in [3.63, 3.8) is 0 Å². The van der Waals surface area contributed by atoms with Crippen LogP contribution in [0.4, 0.5) is 5.69 Å². The summed E-state index contributed by atoms with van der Waals surface area (Å²) >= 11 is 1.59. The Morgan fingerprint density at radius 3 is 2.70 bits per heavy atom. The van der Waals surface area contributed by atoms with E-state index in [0.717, 1.165) is 10.6 Å². The number of nitrogens with zero attached hydrogens (tertiary/aromatic N) is 1. The van der Waals surface area contributed by atoms with Crippen LogP contribution in [0.1, 0.15) is 10.4 Å². The normalized spacial score (nSPS) is 10.2. The van der Waals surface area contributed by atoms with Crippen molar-refractivity contribution in [3.8, 4) is 5.75 Å². The molecule has 1 aromatic carbocycles. The van der Waals surface area contributed by atoms with E-state index in [-0.39, 0.29) is 5.56 Å². The monoisotopic (exact) mass is 290 g/mol. The number of carboxylic acids is 1. The molecule has 0 radical (unpaired) electrons. The van der Waals surface area contributed by atoms with Gasteiger partial charge in [-0.3, -0.25) is 4.98 Å². The lowest BCUT2D eigenvalue weighted by Crippen LogP contribution is -2.01. The molecule has 0 spiro atoms. The largest absolute Gasteiger partial charge is 0.493 e. The second-order valence-electron chi connectivity index (χ2n) is 3.94. The fraction of sp³-hybridized carbons (Fsp3) is 0.143. The van der Waals surface area contributed by atoms with Gasteiger partial charge in [0.1, 0.15) is 5.75 Å². The minimum atomic E-state index is -0.944. The summed E-state index contributed by atoms with van der Waals surface area (Å²) in [5.74, 6) is 0.452. The molecule has 0 fully saturated rings. The van der Waals surface area contributed by atoms with E-state index in [1.165, 1.54) is 12.1 Å². The second-order valence-corrected chi connectivity index (χ2v) is 5.08. The van der Waals surface area contributed by atoms with Crippen LogP contribution in [0, 0.1) is 0 Å². The lowest BCUT2D eigenvalue weighted by Gasteiger charge is -2.07. The number of nitrogens with two attached hydrogens (primary N) is 1. The van der Waals surface area contributed by atoms with Crippen molar-refractivity contribution in [2.75, 3.05) is 18.1 Å².